The molecule has 0 aliphatic rings. The third-order valence-electron chi connectivity index (χ3n) is 4.91. The Bertz CT molecular complexity index is 1310. The summed E-state index contributed by atoms with van der Waals surface area (Å²) in [5, 5.41) is -0.284. The normalized spacial score (nSPS) is 11.3. The first-order valence-corrected chi connectivity index (χ1v) is 11.9. The van der Waals surface area contributed by atoms with Gasteiger partial charge >= 0.3 is 0 Å². The molecule has 0 radical (unpaired) electrons. The fourth-order valence-electron chi connectivity index (χ4n) is 3.36. The van der Waals surface area contributed by atoms with Crippen molar-refractivity contribution in [2.75, 3.05) is 6.61 Å². The quantitative estimate of drug-likeness (QED) is 0.348. The highest BCUT2D eigenvalue weighted by Gasteiger charge is 2.26. The van der Waals surface area contributed by atoms with E-state index in [9.17, 15) is 13.2 Å². The van der Waals surface area contributed by atoms with E-state index in [1.807, 2.05) is 31.2 Å². The number of benzene rings is 2. The van der Waals surface area contributed by atoms with Crippen LogP contribution in [0.2, 0.25) is 0 Å². The molecule has 0 atom stereocenters. The Hall–Kier alpha value is -3.78. The number of hydrogen-bond donors (Lipinski definition) is 0. The van der Waals surface area contributed by atoms with Gasteiger partial charge in [-0.3, -0.25) is 4.79 Å². The molecule has 170 valence electrons. The first-order valence-electron chi connectivity index (χ1n) is 10.4. The minimum atomic E-state index is -3.87. The minimum Gasteiger partial charge on any atom is -0.494 e. The second kappa shape index (κ2) is 9.79. The van der Waals surface area contributed by atoms with Gasteiger partial charge < -0.3 is 18.5 Å². The molecular weight excluding hydrogens is 442 g/mol. The van der Waals surface area contributed by atoms with Crippen LogP contribution in [0.4, 0.5) is 0 Å². The lowest BCUT2D eigenvalue weighted by Gasteiger charge is -2.21. The van der Waals surface area contributed by atoms with Crippen molar-refractivity contribution in [3.05, 3.63) is 102 Å². The van der Waals surface area contributed by atoms with Gasteiger partial charge in [0.25, 0.3) is 5.91 Å². The van der Waals surface area contributed by atoms with E-state index < -0.39 is 15.7 Å². The summed E-state index contributed by atoms with van der Waals surface area (Å²) in [4.78, 5) is 15.0. The molecule has 0 fully saturated rings. The average Bonchev–Trinajstić information content (AvgIpc) is 3.52. The highest BCUT2D eigenvalue weighted by atomic mass is 32.2. The zero-order chi connectivity index (χ0) is 23.3. The summed E-state index contributed by atoms with van der Waals surface area (Å²) >= 11 is 0. The van der Waals surface area contributed by atoms with Crippen LogP contribution in [0.3, 0.4) is 0 Å². The molecule has 0 unspecified atom stereocenters. The van der Waals surface area contributed by atoms with Gasteiger partial charge in [0.15, 0.2) is 5.76 Å². The topological polar surface area (TPSA) is 90.0 Å². The lowest BCUT2D eigenvalue weighted by Crippen LogP contribution is -2.29. The number of carbonyl (C=O) groups is 1. The van der Waals surface area contributed by atoms with E-state index in [2.05, 4.69) is 0 Å². The zero-order valence-electron chi connectivity index (χ0n) is 18.0. The number of ether oxygens (including phenoxy) is 1. The predicted molar refractivity (Wildman–Crippen MR) is 120 cm³/mol. The average molecular weight is 466 g/mol. The standard InChI is InChI=1S/C25H23NO6S/c1-2-30-20-9-6-8-19(16-20)17-26(18-21-10-7-15-31-21)25(27)23-13-14-24(32-23)33(28,29)22-11-4-3-5-12-22/h3-16H,2,17-18H2,1H3. The number of nitrogens with zero attached hydrogens (tertiary/aromatic N) is 1. The van der Waals surface area contributed by atoms with Crippen molar-refractivity contribution in [3.63, 3.8) is 0 Å². The lowest BCUT2D eigenvalue weighted by atomic mass is 10.2. The second-order valence-corrected chi connectivity index (χ2v) is 9.14. The smallest absolute Gasteiger partial charge is 0.290 e. The summed E-state index contributed by atoms with van der Waals surface area (Å²) in [6, 6.07) is 21.6. The second-order valence-electron chi connectivity index (χ2n) is 7.26. The van der Waals surface area contributed by atoms with Crippen molar-refractivity contribution in [3.8, 4) is 5.75 Å². The minimum absolute atomic E-state index is 0.0722. The van der Waals surface area contributed by atoms with Crippen LogP contribution in [0, 0.1) is 0 Å². The van der Waals surface area contributed by atoms with E-state index >= 15 is 0 Å². The van der Waals surface area contributed by atoms with Crippen LogP contribution in [-0.4, -0.2) is 25.8 Å². The fraction of sp³-hybridized carbons (Fsp3) is 0.160. The summed E-state index contributed by atoms with van der Waals surface area (Å²) < 4.78 is 42.2. The van der Waals surface area contributed by atoms with Crippen molar-refractivity contribution in [2.24, 2.45) is 0 Å². The molecule has 33 heavy (non-hydrogen) atoms. The Morgan fingerprint density at radius 3 is 2.48 bits per heavy atom. The van der Waals surface area contributed by atoms with Gasteiger partial charge in [0.2, 0.25) is 14.9 Å². The molecule has 0 saturated carbocycles. The van der Waals surface area contributed by atoms with E-state index in [1.54, 1.807) is 30.3 Å². The number of rotatable bonds is 9. The van der Waals surface area contributed by atoms with E-state index in [0.717, 1.165) is 5.56 Å². The molecule has 1 amide bonds. The third kappa shape index (κ3) is 5.18. The molecule has 0 saturated heterocycles. The highest BCUT2D eigenvalue weighted by molar-refractivity contribution is 7.91. The summed E-state index contributed by atoms with van der Waals surface area (Å²) in [5.41, 5.74) is 0.851. The molecule has 0 spiro atoms. The SMILES string of the molecule is CCOc1cccc(CN(Cc2ccco2)C(=O)c2ccc(S(=O)(=O)c3ccccc3)o2)c1. The molecule has 0 N–H and O–H groups in total. The number of amides is 1. The predicted octanol–water partition coefficient (Wildman–Crippen LogP) is 4.95. The van der Waals surface area contributed by atoms with Crippen molar-refractivity contribution >= 4 is 15.7 Å². The Labute approximate surface area is 192 Å². The van der Waals surface area contributed by atoms with Crippen LogP contribution in [0.15, 0.2) is 104 Å². The van der Waals surface area contributed by atoms with Gasteiger partial charge in [-0.2, -0.15) is 0 Å². The number of sulfone groups is 1. The van der Waals surface area contributed by atoms with Gasteiger partial charge in [-0.1, -0.05) is 30.3 Å². The van der Waals surface area contributed by atoms with E-state index in [-0.39, 0.29) is 28.8 Å². The molecule has 0 aliphatic heterocycles. The number of carbonyl (C=O) groups excluding carboxylic acids is 1. The monoisotopic (exact) mass is 465 g/mol. The summed E-state index contributed by atoms with van der Waals surface area (Å²) in [5.74, 6) is 0.766. The molecule has 8 heteroatoms. The van der Waals surface area contributed by atoms with Crippen LogP contribution in [-0.2, 0) is 22.9 Å². The fourth-order valence-corrected chi connectivity index (χ4v) is 4.56. The molecular formula is C25H23NO6S. The molecule has 7 nitrogen and oxygen atoms in total. The van der Waals surface area contributed by atoms with Crippen molar-refractivity contribution in [1.29, 1.82) is 0 Å². The summed E-state index contributed by atoms with van der Waals surface area (Å²) in [6.45, 7) is 2.87. The molecule has 0 aliphatic carbocycles. The van der Waals surface area contributed by atoms with Gasteiger partial charge in [-0.15, -0.1) is 0 Å². The maximum Gasteiger partial charge on any atom is 0.290 e. The van der Waals surface area contributed by atoms with Gasteiger partial charge in [0, 0.05) is 6.54 Å². The first kappa shape index (κ1) is 22.4. The van der Waals surface area contributed by atoms with E-state index in [0.29, 0.717) is 18.1 Å². The van der Waals surface area contributed by atoms with Crippen LogP contribution in [0.25, 0.3) is 0 Å². The summed E-state index contributed by atoms with van der Waals surface area (Å²) in [6.07, 6.45) is 1.53. The Morgan fingerprint density at radius 1 is 0.939 bits per heavy atom. The molecule has 2 aromatic carbocycles. The third-order valence-corrected chi connectivity index (χ3v) is 6.55. The highest BCUT2D eigenvalue weighted by Crippen LogP contribution is 2.25. The van der Waals surface area contributed by atoms with Gasteiger partial charge in [0.1, 0.15) is 11.5 Å². The number of furan rings is 2. The Morgan fingerprint density at radius 2 is 1.76 bits per heavy atom. The van der Waals surface area contributed by atoms with Gasteiger partial charge in [-0.05, 0) is 61.0 Å². The van der Waals surface area contributed by atoms with Gasteiger partial charge in [-0.25, -0.2) is 8.42 Å². The maximum atomic E-state index is 13.3. The van der Waals surface area contributed by atoms with Crippen LogP contribution < -0.4 is 4.74 Å². The number of hydrogen-bond acceptors (Lipinski definition) is 6. The van der Waals surface area contributed by atoms with E-state index in [1.165, 1.54) is 35.4 Å². The largest absolute Gasteiger partial charge is 0.494 e. The van der Waals surface area contributed by atoms with Crippen molar-refractivity contribution < 1.29 is 26.8 Å². The molecule has 4 aromatic rings. The van der Waals surface area contributed by atoms with E-state index in [4.69, 9.17) is 13.6 Å². The zero-order valence-corrected chi connectivity index (χ0v) is 18.8. The van der Waals surface area contributed by atoms with Crippen molar-refractivity contribution in [1.82, 2.24) is 4.90 Å². The first-order chi connectivity index (χ1) is 16.0. The molecule has 4 rings (SSSR count). The van der Waals surface area contributed by atoms with Gasteiger partial charge in [0.05, 0.1) is 24.3 Å². The Balaban J connectivity index is 1.61. The van der Waals surface area contributed by atoms with Crippen LogP contribution in [0.1, 0.15) is 28.8 Å². The Kier molecular flexibility index (Phi) is 6.65. The molecule has 2 heterocycles. The maximum absolute atomic E-state index is 13.3. The summed E-state index contributed by atoms with van der Waals surface area (Å²) in [7, 11) is -3.87. The molecule has 2 aromatic heterocycles. The van der Waals surface area contributed by atoms with Crippen LogP contribution in [0.5, 0.6) is 5.75 Å². The van der Waals surface area contributed by atoms with Crippen LogP contribution >= 0.6 is 0 Å². The molecule has 0 bridgehead atoms. The van der Waals surface area contributed by atoms with Crippen molar-refractivity contribution in [2.45, 2.75) is 30.0 Å². The lowest BCUT2D eigenvalue weighted by molar-refractivity contribution is 0.0679.